The SMILES string of the molecule is CCC[C@@H](N)C(=O)Nc1cccc(C)c1. The minimum Gasteiger partial charge on any atom is -0.325 e. The summed E-state index contributed by atoms with van der Waals surface area (Å²) in [5.74, 6) is -0.109. The van der Waals surface area contributed by atoms with Gasteiger partial charge in [-0.05, 0) is 31.0 Å². The molecule has 0 bridgehead atoms. The van der Waals surface area contributed by atoms with Gasteiger partial charge in [0.05, 0.1) is 6.04 Å². The van der Waals surface area contributed by atoms with Gasteiger partial charge in [-0.1, -0.05) is 25.5 Å². The van der Waals surface area contributed by atoms with Crippen LogP contribution in [0, 0.1) is 6.92 Å². The van der Waals surface area contributed by atoms with Gasteiger partial charge in [0.2, 0.25) is 5.91 Å². The Morgan fingerprint density at radius 3 is 2.87 bits per heavy atom. The minimum absolute atomic E-state index is 0.109. The highest BCUT2D eigenvalue weighted by Crippen LogP contribution is 2.10. The third-order valence-corrected chi connectivity index (χ3v) is 2.22. The fourth-order valence-corrected chi connectivity index (χ4v) is 1.40. The first-order valence-electron chi connectivity index (χ1n) is 5.26. The maximum atomic E-state index is 11.6. The Hall–Kier alpha value is -1.35. The number of anilines is 1. The molecule has 0 unspecified atom stereocenters. The van der Waals surface area contributed by atoms with Crippen molar-refractivity contribution in [3.05, 3.63) is 29.8 Å². The van der Waals surface area contributed by atoms with Crippen LogP contribution in [0.1, 0.15) is 25.3 Å². The summed E-state index contributed by atoms with van der Waals surface area (Å²) in [5, 5.41) is 2.80. The largest absolute Gasteiger partial charge is 0.325 e. The molecule has 0 heterocycles. The van der Waals surface area contributed by atoms with Crippen LogP contribution in [0.15, 0.2) is 24.3 Å². The summed E-state index contributed by atoms with van der Waals surface area (Å²) in [6, 6.07) is 7.29. The number of benzene rings is 1. The van der Waals surface area contributed by atoms with Crippen molar-refractivity contribution in [2.45, 2.75) is 32.7 Å². The summed E-state index contributed by atoms with van der Waals surface area (Å²) in [4.78, 5) is 11.6. The molecule has 0 aromatic heterocycles. The first-order chi connectivity index (χ1) is 7.13. The second-order valence-electron chi connectivity index (χ2n) is 3.75. The smallest absolute Gasteiger partial charge is 0.241 e. The molecule has 0 spiro atoms. The zero-order chi connectivity index (χ0) is 11.3. The number of nitrogens with one attached hydrogen (secondary N) is 1. The Morgan fingerprint density at radius 2 is 2.27 bits per heavy atom. The number of amides is 1. The molecule has 0 saturated heterocycles. The number of hydrogen-bond acceptors (Lipinski definition) is 2. The van der Waals surface area contributed by atoms with E-state index >= 15 is 0 Å². The van der Waals surface area contributed by atoms with Crippen molar-refractivity contribution in [3.8, 4) is 0 Å². The lowest BCUT2D eigenvalue weighted by molar-refractivity contribution is -0.117. The minimum atomic E-state index is -0.407. The lowest BCUT2D eigenvalue weighted by Crippen LogP contribution is -2.35. The van der Waals surface area contributed by atoms with Crippen molar-refractivity contribution in [2.75, 3.05) is 5.32 Å². The first kappa shape index (κ1) is 11.7. The monoisotopic (exact) mass is 206 g/mol. The van der Waals surface area contributed by atoms with Crippen molar-refractivity contribution in [1.29, 1.82) is 0 Å². The molecule has 3 nitrogen and oxygen atoms in total. The van der Waals surface area contributed by atoms with E-state index in [1.54, 1.807) is 0 Å². The lowest BCUT2D eigenvalue weighted by atomic mass is 10.1. The number of carbonyl (C=O) groups is 1. The fourth-order valence-electron chi connectivity index (χ4n) is 1.40. The van der Waals surface area contributed by atoms with Crippen LogP contribution in [0.4, 0.5) is 5.69 Å². The number of hydrogen-bond donors (Lipinski definition) is 2. The van der Waals surface area contributed by atoms with E-state index in [1.165, 1.54) is 0 Å². The lowest BCUT2D eigenvalue weighted by Gasteiger charge is -2.11. The van der Waals surface area contributed by atoms with Crippen LogP contribution in [0.2, 0.25) is 0 Å². The van der Waals surface area contributed by atoms with Crippen LogP contribution in [-0.4, -0.2) is 11.9 Å². The van der Waals surface area contributed by atoms with Crippen LogP contribution in [-0.2, 0) is 4.79 Å². The molecule has 1 atom stereocenters. The highest BCUT2D eigenvalue weighted by atomic mass is 16.2. The van der Waals surface area contributed by atoms with Gasteiger partial charge in [-0.2, -0.15) is 0 Å². The van der Waals surface area contributed by atoms with Gasteiger partial charge in [-0.25, -0.2) is 0 Å². The van der Waals surface area contributed by atoms with Crippen molar-refractivity contribution < 1.29 is 4.79 Å². The maximum absolute atomic E-state index is 11.6. The normalized spacial score (nSPS) is 12.2. The molecule has 0 radical (unpaired) electrons. The Kier molecular flexibility index (Phi) is 4.31. The summed E-state index contributed by atoms with van der Waals surface area (Å²) in [6.45, 7) is 4.00. The molecule has 1 amide bonds. The Bertz CT molecular complexity index is 336. The molecule has 0 fully saturated rings. The summed E-state index contributed by atoms with van der Waals surface area (Å²) in [5.41, 5.74) is 7.64. The van der Waals surface area contributed by atoms with Gasteiger partial charge in [-0.15, -0.1) is 0 Å². The third-order valence-electron chi connectivity index (χ3n) is 2.22. The van der Waals surface area contributed by atoms with Crippen molar-refractivity contribution in [1.82, 2.24) is 0 Å². The van der Waals surface area contributed by atoms with Crippen molar-refractivity contribution in [3.63, 3.8) is 0 Å². The van der Waals surface area contributed by atoms with E-state index in [0.29, 0.717) is 0 Å². The highest BCUT2D eigenvalue weighted by Gasteiger charge is 2.11. The van der Waals surface area contributed by atoms with Crippen LogP contribution in [0.3, 0.4) is 0 Å². The van der Waals surface area contributed by atoms with Gasteiger partial charge in [0, 0.05) is 5.69 Å². The maximum Gasteiger partial charge on any atom is 0.241 e. The van der Waals surface area contributed by atoms with Crippen LogP contribution >= 0.6 is 0 Å². The molecule has 0 aliphatic carbocycles. The van der Waals surface area contributed by atoms with Crippen molar-refractivity contribution >= 4 is 11.6 Å². The van der Waals surface area contributed by atoms with E-state index in [9.17, 15) is 4.79 Å². The summed E-state index contributed by atoms with van der Waals surface area (Å²) < 4.78 is 0. The Balaban J connectivity index is 2.58. The standard InChI is InChI=1S/C12H18N2O/c1-3-5-11(13)12(15)14-10-7-4-6-9(2)8-10/h4,6-8,11H,3,5,13H2,1-2H3,(H,14,15)/t11-/m1/s1. The predicted octanol–water partition coefficient (Wildman–Crippen LogP) is 2.06. The van der Waals surface area contributed by atoms with E-state index in [-0.39, 0.29) is 5.91 Å². The fraction of sp³-hybridized carbons (Fsp3) is 0.417. The summed E-state index contributed by atoms with van der Waals surface area (Å²) in [6.07, 6.45) is 1.64. The highest BCUT2D eigenvalue weighted by molar-refractivity contribution is 5.94. The Labute approximate surface area is 90.7 Å². The van der Waals surface area contributed by atoms with E-state index in [0.717, 1.165) is 24.1 Å². The van der Waals surface area contributed by atoms with Gasteiger partial charge in [0.1, 0.15) is 0 Å². The molecular formula is C12H18N2O. The second kappa shape index (κ2) is 5.51. The zero-order valence-electron chi connectivity index (χ0n) is 9.29. The molecule has 0 aliphatic heterocycles. The predicted molar refractivity (Wildman–Crippen MR) is 62.7 cm³/mol. The van der Waals surface area contributed by atoms with Gasteiger partial charge < -0.3 is 11.1 Å². The molecule has 3 heteroatoms. The molecule has 15 heavy (non-hydrogen) atoms. The van der Waals surface area contributed by atoms with Gasteiger partial charge in [0.15, 0.2) is 0 Å². The number of carbonyl (C=O) groups excluding carboxylic acids is 1. The van der Waals surface area contributed by atoms with E-state index in [1.807, 2.05) is 38.1 Å². The molecule has 3 N–H and O–H groups in total. The summed E-state index contributed by atoms with van der Waals surface area (Å²) in [7, 11) is 0. The quantitative estimate of drug-likeness (QED) is 0.792. The van der Waals surface area contributed by atoms with E-state index < -0.39 is 6.04 Å². The number of rotatable bonds is 4. The molecule has 1 aromatic carbocycles. The first-order valence-corrected chi connectivity index (χ1v) is 5.26. The van der Waals surface area contributed by atoms with E-state index in [4.69, 9.17) is 5.73 Å². The van der Waals surface area contributed by atoms with Crippen LogP contribution in [0.5, 0.6) is 0 Å². The van der Waals surface area contributed by atoms with Crippen LogP contribution in [0.25, 0.3) is 0 Å². The number of nitrogens with two attached hydrogens (primary N) is 1. The molecule has 1 rings (SSSR count). The van der Waals surface area contributed by atoms with Gasteiger partial charge in [-0.3, -0.25) is 4.79 Å². The third kappa shape index (κ3) is 3.72. The van der Waals surface area contributed by atoms with E-state index in [2.05, 4.69) is 5.32 Å². The summed E-state index contributed by atoms with van der Waals surface area (Å²) >= 11 is 0. The Morgan fingerprint density at radius 1 is 1.53 bits per heavy atom. The average molecular weight is 206 g/mol. The topological polar surface area (TPSA) is 55.1 Å². The molecule has 0 saturated carbocycles. The van der Waals surface area contributed by atoms with Crippen molar-refractivity contribution in [2.24, 2.45) is 5.73 Å². The molecular weight excluding hydrogens is 188 g/mol. The van der Waals surface area contributed by atoms with Gasteiger partial charge in [0.25, 0.3) is 0 Å². The molecule has 1 aromatic rings. The molecule has 0 aliphatic rings. The van der Waals surface area contributed by atoms with Gasteiger partial charge >= 0.3 is 0 Å². The average Bonchev–Trinajstić information content (AvgIpc) is 2.18. The molecule has 82 valence electrons. The number of aryl methyl sites for hydroxylation is 1. The zero-order valence-corrected chi connectivity index (χ0v) is 9.29. The second-order valence-corrected chi connectivity index (χ2v) is 3.75. The van der Waals surface area contributed by atoms with Crippen LogP contribution < -0.4 is 11.1 Å².